The van der Waals surface area contributed by atoms with E-state index < -0.39 is 26.8 Å². The minimum Gasteiger partial charge on any atom is -0.350 e. The van der Waals surface area contributed by atoms with Gasteiger partial charge in [0.25, 0.3) is 0 Å². The van der Waals surface area contributed by atoms with Gasteiger partial charge in [0.15, 0.2) is 6.29 Å². The van der Waals surface area contributed by atoms with Crippen LogP contribution in [-0.2, 0) is 13.2 Å². The van der Waals surface area contributed by atoms with E-state index in [4.69, 9.17) is 13.2 Å². The molecule has 2 aromatic carbocycles. The van der Waals surface area contributed by atoms with Crippen molar-refractivity contribution in [3.05, 3.63) is 71.8 Å². The zero-order chi connectivity index (χ0) is 19.5. The normalized spacial score (nSPS) is 22.0. The van der Waals surface area contributed by atoms with E-state index >= 15 is 0 Å². The van der Waals surface area contributed by atoms with Crippen molar-refractivity contribution in [2.24, 2.45) is 0 Å². The van der Waals surface area contributed by atoms with Gasteiger partial charge in [0, 0.05) is 22.8 Å². The van der Waals surface area contributed by atoms with Crippen LogP contribution in [0.1, 0.15) is 17.0 Å². The Bertz CT molecular complexity index is 674. The molecule has 1 fully saturated rings. The Hall–Kier alpha value is -1.16. The highest BCUT2D eigenvalue weighted by Crippen LogP contribution is 2.50. The molecule has 1 heterocycles. The summed E-state index contributed by atoms with van der Waals surface area (Å²) in [5.74, 6) is -0.117. The first-order valence-corrected chi connectivity index (χ1v) is 12.1. The maximum Gasteiger partial charge on any atom is 0.168 e. The van der Waals surface area contributed by atoms with Crippen LogP contribution in [-0.4, -0.2) is 37.3 Å². The molecule has 3 rings (SSSR count). The largest absolute Gasteiger partial charge is 0.350 e. The van der Waals surface area contributed by atoms with Gasteiger partial charge in [-0.15, -0.1) is 0 Å². The monoisotopic (exact) mass is 414 g/mol. The smallest absolute Gasteiger partial charge is 0.168 e. The fraction of sp³-hybridized carbons (Fsp3) is 0.368. The van der Waals surface area contributed by atoms with E-state index in [2.05, 4.69) is 0 Å². The van der Waals surface area contributed by atoms with Gasteiger partial charge in [-0.25, -0.2) is 0 Å². The van der Waals surface area contributed by atoms with Crippen LogP contribution in [0.4, 0.5) is 0 Å². The van der Waals surface area contributed by atoms with E-state index in [-0.39, 0.29) is 24.4 Å². The van der Waals surface area contributed by atoms with Crippen LogP contribution < -0.4 is 14.0 Å². The van der Waals surface area contributed by atoms with Gasteiger partial charge >= 0.3 is 0 Å². The predicted octanol–water partition coefficient (Wildman–Crippen LogP) is 0.453. The van der Waals surface area contributed by atoms with Crippen LogP contribution in [0.2, 0.25) is 0 Å². The predicted molar refractivity (Wildman–Crippen MR) is 94.7 cm³/mol. The number of benzene rings is 2. The van der Waals surface area contributed by atoms with Gasteiger partial charge in [-0.2, -0.15) is 14.0 Å². The summed E-state index contributed by atoms with van der Waals surface area (Å²) >= 11 is 0. The fourth-order valence-corrected chi connectivity index (χ4v) is 5.91. The Labute approximate surface area is 162 Å². The summed E-state index contributed by atoms with van der Waals surface area (Å²) in [6, 6.07) is 19.9. The lowest BCUT2D eigenvalue weighted by Crippen LogP contribution is -2.61. The number of rotatable bonds is 6. The number of halogens is 1. The maximum atomic E-state index is 11.0. The van der Waals surface area contributed by atoms with Gasteiger partial charge in [-0.3, -0.25) is 0 Å². The fourth-order valence-electron chi connectivity index (χ4n) is 3.10. The Kier molecular flexibility index (Phi) is 6.45. The lowest BCUT2D eigenvalue weighted by Gasteiger charge is -2.40. The average Bonchev–Trinajstić information content (AvgIpc) is 2.62. The molecule has 0 N–H and O–H groups in total. The minimum atomic E-state index is -4.48. The molecular weight excluding hydrogens is 392 g/mol. The van der Waals surface area contributed by atoms with Crippen LogP contribution in [0, 0.1) is 10.2 Å². The zero-order valence-electron chi connectivity index (χ0n) is 15.2. The second kappa shape index (κ2) is 8.46. The topological polar surface area (TPSA) is 96.9 Å². The number of hydrogen-bond donors (Lipinski definition) is 0. The summed E-state index contributed by atoms with van der Waals surface area (Å²) in [6.07, 6.45) is 2.74. The molecule has 2 aromatic rings. The van der Waals surface area contributed by atoms with Crippen molar-refractivity contribution in [3.8, 4) is 0 Å². The second-order valence-electron chi connectivity index (χ2n) is 6.71. The summed E-state index contributed by atoms with van der Waals surface area (Å²) < 4.78 is 49.6. The number of ether oxygens (including phenoxy) is 2. The van der Waals surface area contributed by atoms with E-state index in [0.29, 0.717) is 0 Å². The lowest BCUT2D eigenvalue weighted by molar-refractivity contribution is -1.91. The molecule has 0 unspecified atom stereocenters. The minimum absolute atomic E-state index is 0.117. The first-order chi connectivity index (χ1) is 12.8. The Morgan fingerprint density at radius 1 is 0.889 bits per heavy atom. The molecule has 1 saturated heterocycles. The Balaban J connectivity index is 1.76. The molecule has 0 aliphatic carbocycles. The van der Waals surface area contributed by atoms with Crippen molar-refractivity contribution >= 4 is 10.3 Å². The molecule has 0 saturated carbocycles. The molecule has 0 aromatic heterocycles. The first kappa shape index (κ1) is 20.6. The molecule has 0 radical (unpaired) electrons. The highest BCUT2D eigenvalue weighted by atomic mass is 35.7. The van der Waals surface area contributed by atoms with Crippen molar-refractivity contribution in [1.82, 2.24) is 0 Å². The Morgan fingerprint density at radius 3 is 1.74 bits per heavy atom. The van der Waals surface area contributed by atoms with Crippen molar-refractivity contribution < 1.29 is 37.4 Å². The molecule has 6 nitrogen and oxygen atoms in total. The van der Waals surface area contributed by atoms with E-state index in [1.54, 1.807) is 12.5 Å². The summed E-state index contributed by atoms with van der Waals surface area (Å²) in [7, 11) is -6.67. The molecular formula is C19H23ClO6S. The molecule has 0 bridgehead atoms. The van der Waals surface area contributed by atoms with Gasteiger partial charge in [0.05, 0.1) is 34.6 Å². The highest BCUT2D eigenvalue weighted by Gasteiger charge is 2.43. The summed E-state index contributed by atoms with van der Waals surface area (Å²) in [6.45, 7) is 0.516. The Morgan fingerprint density at radius 2 is 1.33 bits per heavy atom. The third kappa shape index (κ3) is 5.43. The zero-order valence-corrected chi connectivity index (χ0v) is 16.7. The third-order valence-corrected chi connectivity index (χ3v) is 8.32. The van der Waals surface area contributed by atoms with Crippen LogP contribution in [0.3, 0.4) is 0 Å². The van der Waals surface area contributed by atoms with Gasteiger partial charge in [0.1, 0.15) is 3.74 Å². The summed E-state index contributed by atoms with van der Waals surface area (Å²) in [5.41, 5.74) is 2.13. The van der Waals surface area contributed by atoms with Gasteiger partial charge in [0.2, 0.25) is 0 Å². The maximum absolute atomic E-state index is 11.0. The molecule has 8 heteroatoms. The molecule has 0 amide bonds. The molecule has 1 aliphatic rings. The van der Waals surface area contributed by atoms with Crippen molar-refractivity contribution in [1.29, 1.82) is 0 Å². The summed E-state index contributed by atoms with van der Waals surface area (Å²) in [4.78, 5) is 0. The quantitative estimate of drug-likeness (QED) is 0.681. The van der Waals surface area contributed by atoms with Crippen molar-refractivity contribution in [2.45, 2.75) is 17.5 Å². The van der Waals surface area contributed by atoms with E-state index in [1.165, 1.54) is 0 Å². The summed E-state index contributed by atoms with van der Waals surface area (Å²) in [5, 5.41) is -0.308. The SMILES string of the molecule is CS(C)(O[Cl+3]([O-])([O-])[O-])C1COC(C(c2ccccc2)c2ccccc2)OC1. The lowest BCUT2D eigenvalue weighted by atomic mass is 9.90. The molecule has 0 spiro atoms. The van der Waals surface area contributed by atoms with Crippen molar-refractivity contribution in [3.63, 3.8) is 0 Å². The van der Waals surface area contributed by atoms with E-state index in [9.17, 15) is 14.0 Å². The molecule has 1 aliphatic heterocycles. The molecule has 27 heavy (non-hydrogen) atoms. The molecule has 0 atom stereocenters. The van der Waals surface area contributed by atoms with Crippen LogP contribution in [0.15, 0.2) is 60.7 Å². The van der Waals surface area contributed by atoms with Gasteiger partial charge in [-0.1, -0.05) is 60.7 Å². The average molecular weight is 415 g/mol. The van der Waals surface area contributed by atoms with Crippen molar-refractivity contribution in [2.75, 3.05) is 25.7 Å². The van der Waals surface area contributed by atoms with E-state index in [1.807, 2.05) is 60.7 Å². The second-order valence-corrected chi connectivity index (χ2v) is 11.3. The van der Waals surface area contributed by atoms with E-state index in [0.717, 1.165) is 11.1 Å². The molecule has 148 valence electrons. The number of hydrogen-bond acceptors (Lipinski definition) is 6. The third-order valence-electron chi connectivity index (χ3n) is 4.52. The van der Waals surface area contributed by atoms with Crippen LogP contribution >= 0.6 is 10.3 Å². The highest BCUT2D eigenvalue weighted by molar-refractivity contribution is 8.29. The van der Waals surface area contributed by atoms with Gasteiger partial charge < -0.3 is 9.47 Å². The van der Waals surface area contributed by atoms with Crippen LogP contribution in [0.5, 0.6) is 0 Å². The first-order valence-electron chi connectivity index (χ1n) is 8.43. The van der Waals surface area contributed by atoms with Gasteiger partial charge in [-0.05, 0) is 11.1 Å². The van der Waals surface area contributed by atoms with Crippen LogP contribution in [0.25, 0.3) is 0 Å². The standard InChI is InChI=1S/C19H23ClO6S/c1-27(2,26-20(21,22)23)17-13-24-19(25-14-17)18(15-9-5-3-6-10-15)16-11-7-4-8-12-16/h3-12,17-19H,13-14H2,1-2H3.